The molecule has 2 heteroatoms. The molecule has 0 saturated heterocycles. The first-order chi connectivity index (χ1) is 9.72. The Bertz CT molecular complexity index is 404. The number of carbonyl (C=O) groups is 1. The molecule has 3 atom stereocenters. The van der Waals surface area contributed by atoms with Gasteiger partial charge in [0.2, 0.25) is 0 Å². The van der Waals surface area contributed by atoms with E-state index in [1.807, 2.05) is 0 Å². The van der Waals surface area contributed by atoms with Crippen LogP contribution in [-0.2, 0) is 9.53 Å². The van der Waals surface area contributed by atoms with Crippen molar-refractivity contribution in [3.63, 3.8) is 0 Å². The molecule has 0 spiro atoms. The van der Waals surface area contributed by atoms with Crippen LogP contribution in [0.2, 0.25) is 0 Å². The van der Waals surface area contributed by atoms with Crippen LogP contribution in [0.25, 0.3) is 0 Å². The fourth-order valence-corrected chi connectivity index (χ4v) is 2.92. The van der Waals surface area contributed by atoms with Crippen molar-refractivity contribution in [2.75, 3.05) is 0 Å². The summed E-state index contributed by atoms with van der Waals surface area (Å²) in [6, 6.07) is 0. The van der Waals surface area contributed by atoms with Crippen LogP contribution in [-0.4, -0.2) is 12.1 Å². The van der Waals surface area contributed by atoms with Crippen LogP contribution in [0.15, 0.2) is 23.8 Å². The van der Waals surface area contributed by atoms with Gasteiger partial charge in [-0.25, -0.2) is 0 Å². The standard InChI is InChI=1S/C19H32O2/c1-12(2)10-17(14(5)6)19(20)21-18-11-16(13(3)4)9-8-15(18)7/h8,12,14,16-18H,3,9-11H2,1-2,4-7H3. The first kappa shape index (κ1) is 18.0. The molecule has 0 radical (unpaired) electrons. The maximum Gasteiger partial charge on any atom is 0.309 e. The van der Waals surface area contributed by atoms with Crippen molar-refractivity contribution >= 4 is 5.97 Å². The van der Waals surface area contributed by atoms with E-state index in [0.717, 1.165) is 19.3 Å². The van der Waals surface area contributed by atoms with Crippen molar-refractivity contribution in [2.45, 2.75) is 66.9 Å². The van der Waals surface area contributed by atoms with E-state index in [1.165, 1.54) is 11.1 Å². The number of esters is 1. The van der Waals surface area contributed by atoms with Gasteiger partial charge in [-0.1, -0.05) is 45.9 Å². The van der Waals surface area contributed by atoms with Gasteiger partial charge < -0.3 is 4.74 Å². The molecule has 2 nitrogen and oxygen atoms in total. The molecule has 0 N–H and O–H groups in total. The molecule has 0 bridgehead atoms. The number of rotatable bonds is 6. The molecular weight excluding hydrogens is 260 g/mol. The van der Waals surface area contributed by atoms with Crippen molar-refractivity contribution in [1.82, 2.24) is 0 Å². The smallest absolute Gasteiger partial charge is 0.309 e. The maximum atomic E-state index is 12.5. The summed E-state index contributed by atoms with van der Waals surface area (Å²) in [5.41, 5.74) is 2.37. The molecular formula is C19H32O2. The molecule has 0 aromatic carbocycles. The van der Waals surface area contributed by atoms with E-state index < -0.39 is 0 Å². The molecule has 1 aliphatic rings. The Hall–Kier alpha value is -1.05. The van der Waals surface area contributed by atoms with Crippen molar-refractivity contribution in [3.05, 3.63) is 23.8 Å². The third-order valence-electron chi connectivity index (χ3n) is 4.52. The monoisotopic (exact) mass is 292 g/mol. The Labute approximate surface area is 130 Å². The minimum Gasteiger partial charge on any atom is -0.458 e. The second-order valence-electron chi connectivity index (χ2n) is 7.37. The van der Waals surface area contributed by atoms with E-state index in [9.17, 15) is 4.79 Å². The maximum absolute atomic E-state index is 12.5. The van der Waals surface area contributed by atoms with E-state index >= 15 is 0 Å². The average Bonchev–Trinajstić information content (AvgIpc) is 2.37. The highest BCUT2D eigenvalue weighted by Crippen LogP contribution is 2.32. The molecule has 21 heavy (non-hydrogen) atoms. The van der Waals surface area contributed by atoms with Crippen LogP contribution in [0.5, 0.6) is 0 Å². The zero-order chi connectivity index (χ0) is 16.2. The molecule has 3 unspecified atom stereocenters. The van der Waals surface area contributed by atoms with Gasteiger partial charge in [0.15, 0.2) is 0 Å². The van der Waals surface area contributed by atoms with Crippen molar-refractivity contribution < 1.29 is 9.53 Å². The second-order valence-corrected chi connectivity index (χ2v) is 7.37. The Morgan fingerprint density at radius 2 is 2.00 bits per heavy atom. The van der Waals surface area contributed by atoms with Crippen LogP contribution in [0.1, 0.15) is 60.8 Å². The summed E-state index contributed by atoms with van der Waals surface area (Å²) in [5.74, 6) is 1.25. The summed E-state index contributed by atoms with van der Waals surface area (Å²) in [5, 5.41) is 0. The number of carbonyl (C=O) groups excluding carboxylic acids is 1. The fourth-order valence-electron chi connectivity index (χ4n) is 2.92. The first-order valence-electron chi connectivity index (χ1n) is 8.24. The molecule has 1 aliphatic carbocycles. The topological polar surface area (TPSA) is 26.3 Å². The Morgan fingerprint density at radius 1 is 1.38 bits per heavy atom. The molecule has 0 fully saturated rings. The number of ether oxygens (including phenoxy) is 1. The van der Waals surface area contributed by atoms with Crippen LogP contribution in [0, 0.1) is 23.7 Å². The summed E-state index contributed by atoms with van der Waals surface area (Å²) < 4.78 is 5.86. The minimum absolute atomic E-state index is 0.00278. The highest BCUT2D eigenvalue weighted by molar-refractivity contribution is 5.73. The van der Waals surface area contributed by atoms with Crippen molar-refractivity contribution in [3.8, 4) is 0 Å². The lowest BCUT2D eigenvalue weighted by atomic mass is 9.83. The number of allylic oxidation sites excluding steroid dienone is 2. The number of hydrogen-bond donors (Lipinski definition) is 0. The van der Waals surface area contributed by atoms with Gasteiger partial charge in [0.25, 0.3) is 0 Å². The molecule has 0 aliphatic heterocycles. The van der Waals surface area contributed by atoms with E-state index in [4.69, 9.17) is 4.74 Å². The average molecular weight is 292 g/mol. The Kier molecular flexibility index (Phi) is 6.70. The summed E-state index contributed by atoms with van der Waals surface area (Å²) in [4.78, 5) is 12.5. The highest BCUT2D eigenvalue weighted by Gasteiger charge is 2.30. The van der Waals surface area contributed by atoms with Crippen molar-refractivity contribution in [2.24, 2.45) is 23.7 Å². The van der Waals surface area contributed by atoms with Gasteiger partial charge >= 0.3 is 5.97 Å². The van der Waals surface area contributed by atoms with Gasteiger partial charge in [-0.2, -0.15) is 0 Å². The molecule has 1 rings (SSSR count). The van der Waals surface area contributed by atoms with E-state index in [2.05, 4.69) is 54.2 Å². The zero-order valence-electron chi connectivity index (χ0n) is 14.6. The van der Waals surface area contributed by atoms with Crippen LogP contribution in [0.3, 0.4) is 0 Å². The lowest BCUT2D eigenvalue weighted by Gasteiger charge is -2.31. The van der Waals surface area contributed by atoms with Crippen LogP contribution in [0.4, 0.5) is 0 Å². The summed E-state index contributed by atoms with van der Waals surface area (Å²) in [7, 11) is 0. The normalized spacial score (nSPS) is 23.9. The molecule has 0 aromatic heterocycles. The quantitative estimate of drug-likeness (QED) is 0.500. The predicted molar refractivity (Wildman–Crippen MR) is 89.0 cm³/mol. The summed E-state index contributed by atoms with van der Waals surface area (Å²) in [6.07, 6.45) is 4.94. The summed E-state index contributed by atoms with van der Waals surface area (Å²) in [6.45, 7) is 16.7. The van der Waals surface area contributed by atoms with E-state index in [0.29, 0.717) is 17.8 Å². The van der Waals surface area contributed by atoms with Gasteiger partial charge in [-0.3, -0.25) is 4.79 Å². The van der Waals surface area contributed by atoms with Gasteiger partial charge in [0, 0.05) is 0 Å². The Morgan fingerprint density at radius 3 is 2.48 bits per heavy atom. The SMILES string of the molecule is C=C(C)C1CC=C(C)C(OC(=O)C(CC(C)C)C(C)C)C1. The lowest BCUT2D eigenvalue weighted by molar-refractivity contribution is -0.155. The van der Waals surface area contributed by atoms with E-state index in [-0.39, 0.29) is 18.0 Å². The minimum atomic E-state index is -0.0682. The van der Waals surface area contributed by atoms with Gasteiger partial charge in [0.1, 0.15) is 6.10 Å². The zero-order valence-corrected chi connectivity index (χ0v) is 14.6. The third kappa shape index (κ3) is 5.33. The Balaban J connectivity index is 2.73. The van der Waals surface area contributed by atoms with Gasteiger partial charge in [-0.15, -0.1) is 0 Å². The molecule has 0 aromatic rings. The largest absolute Gasteiger partial charge is 0.458 e. The third-order valence-corrected chi connectivity index (χ3v) is 4.52. The van der Waals surface area contributed by atoms with Crippen LogP contribution >= 0.6 is 0 Å². The second kappa shape index (κ2) is 7.82. The van der Waals surface area contributed by atoms with Crippen LogP contribution < -0.4 is 0 Å². The lowest BCUT2D eigenvalue weighted by Crippen LogP contribution is -2.31. The highest BCUT2D eigenvalue weighted by atomic mass is 16.5. The summed E-state index contributed by atoms with van der Waals surface area (Å²) >= 11 is 0. The van der Waals surface area contributed by atoms with E-state index in [1.54, 1.807) is 0 Å². The van der Waals surface area contributed by atoms with Gasteiger partial charge in [0.05, 0.1) is 5.92 Å². The molecule has 0 heterocycles. The fraction of sp³-hybridized carbons (Fsp3) is 0.737. The molecule has 0 amide bonds. The predicted octanol–water partition coefficient (Wildman–Crippen LogP) is 5.15. The molecule has 120 valence electrons. The first-order valence-corrected chi connectivity index (χ1v) is 8.24. The molecule has 0 saturated carbocycles. The van der Waals surface area contributed by atoms with Gasteiger partial charge in [-0.05, 0) is 56.4 Å². The van der Waals surface area contributed by atoms with Crippen molar-refractivity contribution in [1.29, 1.82) is 0 Å². The number of hydrogen-bond acceptors (Lipinski definition) is 2.